The molecule has 0 unspecified atom stereocenters. The first-order valence-corrected chi connectivity index (χ1v) is 3.84. The predicted octanol–water partition coefficient (Wildman–Crippen LogP) is 1.77. The number of aliphatic carboxylic acids is 2. The van der Waals surface area contributed by atoms with E-state index in [1.165, 1.54) is 6.08 Å². The summed E-state index contributed by atoms with van der Waals surface area (Å²) in [7, 11) is 0. The number of nitriles is 1. The standard InChI is InChI=1S/C4H4O4.C4H6.C3H3N/c5-3(6)1-2-4(7)8;1-3-4-2;1-2-3-4/h1-2H,(H,5,6)(H,7,8);3-4H,1-2H2;2H,1H2. The maximum absolute atomic E-state index is 9.55. The van der Waals surface area contributed by atoms with Crippen LogP contribution in [0.2, 0.25) is 0 Å². The third-order valence-corrected chi connectivity index (χ3v) is 0.626. The van der Waals surface area contributed by atoms with Crippen LogP contribution in [-0.2, 0) is 9.59 Å². The summed E-state index contributed by atoms with van der Waals surface area (Å²) < 4.78 is 0. The van der Waals surface area contributed by atoms with E-state index in [0.717, 1.165) is 0 Å². The molecule has 0 spiro atoms. The first-order valence-electron chi connectivity index (χ1n) is 3.84. The molecule has 0 aromatic heterocycles. The molecule has 0 aromatic carbocycles. The lowest BCUT2D eigenvalue weighted by Crippen LogP contribution is -1.91. The molecule has 0 rings (SSSR count). The number of rotatable bonds is 3. The summed E-state index contributed by atoms with van der Waals surface area (Å²) in [6, 6.07) is 1.69. The van der Waals surface area contributed by atoms with Crippen molar-refractivity contribution in [3.05, 3.63) is 50.1 Å². The number of hydrogen-bond donors (Lipinski definition) is 2. The predicted molar refractivity (Wildman–Crippen MR) is 60.6 cm³/mol. The van der Waals surface area contributed by atoms with Crippen LogP contribution in [0.25, 0.3) is 0 Å². The molecule has 0 atom stereocenters. The summed E-state index contributed by atoms with van der Waals surface area (Å²) in [4.78, 5) is 19.1. The van der Waals surface area contributed by atoms with Crippen molar-refractivity contribution in [2.45, 2.75) is 0 Å². The summed E-state index contributed by atoms with van der Waals surface area (Å²) in [6.07, 6.45) is 5.57. The van der Waals surface area contributed by atoms with Crippen LogP contribution in [0.5, 0.6) is 0 Å². The van der Waals surface area contributed by atoms with Gasteiger partial charge in [0.05, 0.1) is 6.07 Å². The lowest BCUT2D eigenvalue weighted by Gasteiger charge is -1.74. The van der Waals surface area contributed by atoms with Crippen molar-refractivity contribution in [1.29, 1.82) is 5.26 Å². The zero-order valence-electron chi connectivity index (χ0n) is 8.67. The Kier molecular flexibility index (Phi) is 21.7. The molecule has 0 heterocycles. The smallest absolute Gasteiger partial charge is 0.328 e. The van der Waals surface area contributed by atoms with Crippen LogP contribution in [0.15, 0.2) is 50.1 Å². The summed E-state index contributed by atoms with van der Waals surface area (Å²) in [6.45, 7) is 9.84. The fourth-order valence-electron chi connectivity index (χ4n) is 0.143. The second-order valence-corrected chi connectivity index (χ2v) is 1.81. The van der Waals surface area contributed by atoms with Gasteiger partial charge < -0.3 is 10.2 Å². The Labute approximate surface area is 93.9 Å². The molecule has 0 aliphatic rings. The molecule has 0 fully saturated rings. The normalized spacial score (nSPS) is 6.94. The van der Waals surface area contributed by atoms with E-state index in [9.17, 15) is 9.59 Å². The zero-order chi connectivity index (χ0) is 13.4. The molecule has 0 saturated heterocycles. The Balaban J connectivity index is -0.000000179. The molecule has 0 amide bonds. The number of carboxylic acid groups (broad SMARTS) is 2. The maximum Gasteiger partial charge on any atom is 0.328 e. The van der Waals surface area contributed by atoms with E-state index in [1.807, 2.05) is 0 Å². The van der Waals surface area contributed by atoms with E-state index in [4.69, 9.17) is 15.5 Å². The molecule has 0 aliphatic heterocycles. The van der Waals surface area contributed by atoms with Gasteiger partial charge in [-0.05, 0) is 0 Å². The summed E-state index contributed by atoms with van der Waals surface area (Å²) in [5.41, 5.74) is 0. The first kappa shape index (κ1) is 19.0. The molecule has 16 heavy (non-hydrogen) atoms. The van der Waals surface area contributed by atoms with Crippen molar-refractivity contribution in [1.82, 2.24) is 0 Å². The Morgan fingerprint density at radius 1 is 1.00 bits per heavy atom. The fourth-order valence-corrected chi connectivity index (χ4v) is 0.143. The maximum atomic E-state index is 9.55. The van der Waals surface area contributed by atoms with E-state index in [1.54, 1.807) is 18.2 Å². The van der Waals surface area contributed by atoms with Gasteiger partial charge in [-0.25, -0.2) is 9.59 Å². The Bertz CT molecular complexity index is 288. The first-order chi connectivity index (χ1) is 7.45. The molecular formula is C11H13NO4. The molecule has 0 saturated carbocycles. The molecule has 0 radical (unpaired) electrons. The zero-order valence-corrected chi connectivity index (χ0v) is 8.67. The monoisotopic (exact) mass is 223 g/mol. The third kappa shape index (κ3) is 63.8. The highest BCUT2D eigenvalue weighted by molar-refractivity contribution is 5.89. The van der Waals surface area contributed by atoms with E-state index in [0.29, 0.717) is 12.2 Å². The van der Waals surface area contributed by atoms with Gasteiger partial charge in [-0.3, -0.25) is 0 Å². The lowest BCUT2D eigenvalue weighted by atomic mass is 10.5. The van der Waals surface area contributed by atoms with Crippen LogP contribution in [0, 0.1) is 11.3 Å². The lowest BCUT2D eigenvalue weighted by molar-refractivity contribution is -0.134. The van der Waals surface area contributed by atoms with Crippen molar-refractivity contribution < 1.29 is 19.8 Å². The van der Waals surface area contributed by atoms with Crippen LogP contribution < -0.4 is 0 Å². The Morgan fingerprint density at radius 3 is 1.31 bits per heavy atom. The molecular weight excluding hydrogens is 210 g/mol. The van der Waals surface area contributed by atoms with E-state index in [2.05, 4.69) is 19.7 Å². The van der Waals surface area contributed by atoms with Crippen LogP contribution in [0.3, 0.4) is 0 Å². The Hall–Kier alpha value is -2.61. The number of allylic oxidation sites excluding steroid dienone is 3. The van der Waals surface area contributed by atoms with Crippen molar-refractivity contribution in [3.63, 3.8) is 0 Å². The summed E-state index contributed by atoms with van der Waals surface area (Å²) in [5.74, 6) is -2.51. The van der Waals surface area contributed by atoms with Crippen LogP contribution >= 0.6 is 0 Å². The van der Waals surface area contributed by atoms with Crippen molar-refractivity contribution >= 4 is 11.9 Å². The second-order valence-electron chi connectivity index (χ2n) is 1.81. The minimum absolute atomic E-state index is 0.558. The average molecular weight is 223 g/mol. The second kappa shape index (κ2) is 18.2. The minimum Gasteiger partial charge on any atom is -0.478 e. The van der Waals surface area contributed by atoms with Gasteiger partial charge in [0.25, 0.3) is 0 Å². The third-order valence-electron chi connectivity index (χ3n) is 0.626. The van der Waals surface area contributed by atoms with Gasteiger partial charge in [0, 0.05) is 18.2 Å². The van der Waals surface area contributed by atoms with Gasteiger partial charge in [-0.15, -0.1) is 0 Å². The highest BCUT2D eigenvalue weighted by atomic mass is 16.4. The van der Waals surface area contributed by atoms with E-state index >= 15 is 0 Å². The molecule has 2 N–H and O–H groups in total. The van der Waals surface area contributed by atoms with Gasteiger partial charge in [0.15, 0.2) is 0 Å². The highest BCUT2D eigenvalue weighted by Gasteiger charge is 1.88. The summed E-state index contributed by atoms with van der Waals surface area (Å²) in [5, 5.41) is 23.1. The number of carboxylic acids is 2. The molecule has 86 valence electrons. The molecule has 0 aliphatic carbocycles. The highest BCUT2D eigenvalue weighted by Crippen LogP contribution is 1.70. The van der Waals surface area contributed by atoms with Gasteiger partial charge in [-0.1, -0.05) is 31.9 Å². The van der Waals surface area contributed by atoms with Crippen LogP contribution in [0.1, 0.15) is 0 Å². The van der Waals surface area contributed by atoms with Crippen LogP contribution in [-0.4, -0.2) is 22.2 Å². The number of nitrogens with zero attached hydrogens (tertiary/aromatic N) is 1. The molecule has 5 heteroatoms. The largest absolute Gasteiger partial charge is 0.478 e. The van der Waals surface area contributed by atoms with Gasteiger partial charge >= 0.3 is 11.9 Å². The van der Waals surface area contributed by atoms with E-state index < -0.39 is 11.9 Å². The molecule has 0 aromatic rings. The van der Waals surface area contributed by atoms with Gasteiger partial charge in [0.1, 0.15) is 0 Å². The Morgan fingerprint density at radius 2 is 1.25 bits per heavy atom. The van der Waals surface area contributed by atoms with Gasteiger partial charge in [-0.2, -0.15) is 5.26 Å². The minimum atomic E-state index is -1.26. The average Bonchev–Trinajstić information content (AvgIpc) is 2.27. The molecule has 0 bridgehead atoms. The summed E-state index contributed by atoms with van der Waals surface area (Å²) >= 11 is 0. The van der Waals surface area contributed by atoms with Crippen LogP contribution in [0.4, 0.5) is 0 Å². The fraction of sp³-hybridized carbons (Fsp3) is 0. The topological polar surface area (TPSA) is 98.4 Å². The van der Waals surface area contributed by atoms with Crippen molar-refractivity contribution in [2.24, 2.45) is 0 Å². The number of hydrogen-bond acceptors (Lipinski definition) is 3. The number of carbonyl (C=O) groups is 2. The van der Waals surface area contributed by atoms with Gasteiger partial charge in [0.2, 0.25) is 0 Å². The quantitative estimate of drug-likeness (QED) is 0.431. The molecule has 5 nitrogen and oxygen atoms in total. The SMILES string of the molecule is C=CC#N.C=CC=C.O=C(O)C=CC(=O)O. The van der Waals surface area contributed by atoms with Crippen molar-refractivity contribution in [2.75, 3.05) is 0 Å². The van der Waals surface area contributed by atoms with Crippen molar-refractivity contribution in [3.8, 4) is 6.07 Å². The van der Waals surface area contributed by atoms with E-state index in [-0.39, 0.29) is 0 Å².